The Balaban J connectivity index is 1.71. The Bertz CT molecular complexity index is 1110. The van der Waals surface area contributed by atoms with Crippen LogP contribution in [-0.2, 0) is 0 Å². The van der Waals surface area contributed by atoms with E-state index in [1.54, 1.807) is 24.7 Å². The number of nitrogens with one attached hydrogen (secondary N) is 1. The molecular formula is C22H17N3O2. The number of benzene rings is 2. The number of hydrogen-bond acceptors (Lipinski definition) is 4. The molecule has 0 aliphatic heterocycles. The summed E-state index contributed by atoms with van der Waals surface area (Å²) in [5, 5.41) is 4.79. The van der Waals surface area contributed by atoms with E-state index in [4.69, 9.17) is 9.40 Å². The summed E-state index contributed by atoms with van der Waals surface area (Å²) in [4.78, 5) is 17.5. The Morgan fingerprint density at radius 1 is 1.11 bits per heavy atom. The van der Waals surface area contributed by atoms with E-state index in [0.717, 1.165) is 27.7 Å². The molecule has 132 valence electrons. The van der Waals surface area contributed by atoms with Gasteiger partial charge in [-0.25, -0.2) is 10.4 Å². The molecule has 0 spiro atoms. The number of aromatic nitrogens is 1. The number of carbonyl (C=O) groups is 1. The van der Waals surface area contributed by atoms with Gasteiger partial charge < -0.3 is 4.42 Å². The highest BCUT2D eigenvalue weighted by molar-refractivity contribution is 6.07. The van der Waals surface area contributed by atoms with Gasteiger partial charge in [0.15, 0.2) is 0 Å². The maximum Gasteiger partial charge on any atom is 0.272 e. The third-order valence-corrected chi connectivity index (χ3v) is 4.23. The van der Waals surface area contributed by atoms with E-state index in [-0.39, 0.29) is 5.91 Å². The van der Waals surface area contributed by atoms with Crippen LogP contribution in [0.15, 0.2) is 82.7 Å². The first kappa shape index (κ1) is 16.7. The van der Waals surface area contributed by atoms with E-state index in [1.165, 1.54) is 11.8 Å². The van der Waals surface area contributed by atoms with Gasteiger partial charge in [-0.15, -0.1) is 0 Å². The highest BCUT2D eigenvalue weighted by Crippen LogP contribution is 2.25. The summed E-state index contributed by atoms with van der Waals surface area (Å²) in [5.41, 5.74) is 7.52. The average Bonchev–Trinajstić information content (AvgIpc) is 3.21. The van der Waals surface area contributed by atoms with Crippen molar-refractivity contribution in [2.75, 3.05) is 0 Å². The fourth-order valence-electron chi connectivity index (χ4n) is 2.81. The monoisotopic (exact) mass is 355 g/mol. The molecule has 2 aromatic carbocycles. The summed E-state index contributed by atoms with van der Waals surface area (Å²) in [6, 6.07) is 19.2. The summed E-state index contributed by atoms with van der Waals surface area (Å²) < 4.78 is 4.98. The van der Waals surface area contributed by atoms with Gasteiger partial charge in [-0.1, -0.05) is 48.0 Å². The molecule has 4 aromatic rings. The van der Waals surface area contributed by atoms with Crippen LogP contribution in [-0.4, -0.2) is 17.1 Å². The Morgan fingerprint density at radius 3 is 2.70 bits per heavy atom. The molecule has 0 atom stereocenters. The minimum absolute atomic E-state index is 0.290. The number of furan rings is 1. The van der Waals surface area contributed by atoms with Crippen LogP contribution in [0.25, 0.3) is 22.2 Å². The van der Waals surface area contributed by atoms with Crippen LogP contribution in [0.2, 0.25) is 0 Å². The van der Waals surface area contributed by atoms with Gasteiger partial charge in [0.2, 0.25) is 0 Å². The van der Waals surface area contributed by atoms with Gasteiger partial charge in [-0.3, -0.25) is 4.79 Å². The van der Waals surface area contributed by atoms with Crippen molar-refractivity contribution in [1.82, 2.24) is 10.4 Å². The van der Waals surface area contributed by atoms with Gasteiger partial charge in [0, 0.05) is 16.5 Å². The summed E-state index contributed by atoms with van der Waals surface area (Å²) in [5.74, 6) is -0.290. The largest absolute Gasteiger partial charge is 0.472 e. The van der Waals surface area contributed by atoms with E-state index < -0.39 is 0 Å². The van der Waals surface area contributed by atoms with Crippen LogP contribution < -0.4 is 5.43 Å². The second kappa shape index (κ2) is 7.25. The van der Waals surface area contributed by atoms with Crippen molar-refractivity contribution in [2.24, 2.45) is 5.10 Å². The van der Waals surface area contributed by atoms with Crippen molar-refractivity contribution >= 4 is 23.0 Å². The third kappa shape index (κ3) is 3.62. The number of amides is 1. The number of para-hydroxylation sites is 1. The van der Waals surface area contributed by atoms with Crippen LogP contribution in [0.1, 0.15) is 21.5 Å². The maximum atomic E-state index is 12.7. The molecule has 1 N–H and O–H groups in total. The average molecular weight is 355 g/mol. The zero-order valence-corrected chi connectivity index (χ0v) is 14.7. The summed E-state index contributed by atoms with van der Waals surface area (Å²) in [6.45, 7) is 2.04. The van der Waals surface area contributed by atoms with Crippen molar-refractivity contribution in [1.29, 1.82) is 0 Å². The van der Waals surface area contributed by atoms with Gasteiger partial charge in [0.1, 0.15) is 0 Å². The summed E-state index contributed by atoms with van der Waals surface area (Å²) >= 11 is 0. The number of rotatable bonds is 4. The molecule has 2 aromatic heterocycles. The molecule has 27 heavy (non-hydrogen) atoms. The van der Waals surface area contributed by atoms with Crippen molar-refractivity contribution in [3.8, 4) is 11.3 Å². The molecule has 0 radical (unpaired) electrons. The molecule has 0 bridgehead atoms. The second-order valence-corrected chi connectivity index (χ2v) is 6.19. The van der Waals surface area contributed by atoms with E-state index in [9.17, 15) is 4.79 Å². The van der Waals surface area contributed by atoms with Gasteiger partial charge in [0.25, 0.3) is 5.91 Å². The second-order valence-electron chi connectivity index (χ2n) is 6.19. The number of nitrogens with zero attached hydrogens (tertiary/aromatic N) is 2. The smallest absolute Gasteiger partial charge is 0.272 e. The lowest BCUT2D eigenvalue weighted by Crippen LogP contribution is -2.18. The Kier molecular flexibility index (Phi) is 4.49. The van der Waals surface area contributed by atoms with Crippen LogP contribution in [0.5, 0.6) is 0 Å². The molecule has 0 aliphatic carbocycles. The molecule has 0 unspecified atom stereocenters. The standard InChI is InChI=1S/C22H17N3O2/c1-15-6-8-17(9-7-15)21-12-19(18-4-2-3-5-20(18)24-21)22(26)25-23-13-16-10-11-27-14-16/h2-14H,1H3,(H,25,26)/b23-13-. The topological polar surface area (TPSA) is 67.5 Å². The van der Waals surface area contributed by atoms with Crippen molar-refractivity contribution in [3.05, 3.63) is 89.9 Å². The zero-order valence-electron chi connectivity index (χ0n) is 14.7. The molecule has 5 heteroatoms. The van der Waals surface area contributed by atoms with Crippen LogP contribution in [0, 0.1) is 6.92 Å². The number of hydrogen-bond donors (Lipinski definition) is 1. The minimum Gasteiger partial charge on any atom is -0.472 e. The van der Waals surface area contributed by atoms with Crippen LogP contribution in [0.4, 0.5) is 0 Å². The first-order chi connectivity index (χ1) is 13.2. The fraction of sp³-hybridized carbons (Fsp3) is 0.0455. The maximum absolute atomic E-state index is 12.7. The first-order valence-corrected chi connectivity index (χ1v) is 8.53. The molecule has 0 aliphatic rings. The van der Waals surface area contributed by atoms with Crippen molar-refractivity contribution in [3.63, 3.8) is 0 Å². The Hall–Kier alpha value is -3.73. The molecule has 0 saturated heterocycles. The zero-order chi connectivity index (χ0) is 18.6. The highest BCUT2D eigenvalue weighted by atomic mass is 16.3. The normalized spacial score (nSPS) is 11.1. The van der Waals surface area contributed by atoms with Crippen molar-refractivity contribution in [2.45, 2.75) is 6.92 Å². The number of hydrazone groups is 1. The lowest BCUT2D eigenvalue weighted by Gasteiger charge is -2.09. The lowest BCUT2D eigenvalue weighted by molar-refractivity contribution is 0.0956. The number of aryl methyl sites for hydroxylation is 1. The predicted octanol–water partition coefficient (Wildman–Crippen LogP) is 4.57. The number of carbonyl (C=O) groups excluding carboxylic acids is 1. The summed E-state index contributed by atoms with van der Waals surface area (Å²) in [7, 11) is 0. The van der Waals surface area contributed by atoms with Crippen LogP contribution >= 0.6 is 0 Å². The van der Waals surface area contributed by atoms with E-state index in [1.807, 2.05) is 55.5 Å². The molecule has 0 saturated carbocycles. The first-order valence-electron chi connectivity index (χ1n) is 8.53. The quantitative estimate of drug-likeness (QED) is 0.431. The summed E-state index contributed by atoms with van der Waals surface area (Å²) in [6.07, 6.45) is 4.63. The van der Waals surface area contributed by atoms with E-state index >= 15 is 0 Å². The SMILES string of the molecule is Cc1ccc(-c2cc(C(=O)N/N=C\c3ccoc3)c3ccccc3n2)cc1. The van der Waals surface area contributed by atoms with Crippen LogP contribution in [0.3, 0.4) is 0 Å². The van der Waals surface area contributed by atoms with Crippen molar-refractivity contribution < 1.29 is 9.21 Å². The highest BCUT2D eigenvalue weighted by Gasteiger charge is 2.13. The predicted molar refractivity (Wildman–Crippen MR) is 106 cm³/mol. The number of fused-ring (bicyclic) bond motifs is 1. The molecule has 2 heterocycles. The van der Waals surface area contributed by atoms with E-state index in [0.29, 0.717) is 5.56 Å². The lowest BCUT2D eigenvalue weighted by atomic mass is 10.0. The van der Waals surface area contributed by atoms with E-state index in [2.05, 4.69) is 10.5 Å². The van der Waals surface area contributed by atoms with Gasteiger partial charge in [0.05, 0.1) is 35.5 Å². The molecule has 4 rings (SSSR count). The molecule has 1 amide bonds. The van der Waals surface area contributed by atoms with Gasteiger partial charge in [-0.2, -0.15) is 5.10 Å². The molecule has 5 nitrogen and oxygen atoms in total. The third-order valence-electron chi connectivity index (χ3n) is 4.23. The fourth-order valence-corrected chi connectivity index (χ4v) is 2.81. The molecular weight excluding hydrogens is 338 g/mol. The minimum atomic E-state index is -0.290. The number of pyridine rings is 1. The Morgan fingerprint density at radius 2 is 1.93 bits per heavy atom. The van der Waals surface area contributed by atoms with Gasteiger partial charge >= 0.3 is 0 Å². The molecule has 0 fully saturated rings. The van der Waals surface area contributed by atoms with Gasteiger partial charge in [-0.05, 0) is 25.1 Å². The Labute approximate surface area is 156 Å².